The molecular formula is C12H10ClNS. The van der Waals surface area contributed by atoms with Crippen molar-refractivity contribution in [1.82, 2.24) is 0 Å². The quantitative estimate of drug-likeness (QED) is 0.794. The molecule has 0 radical (unpaired) electrons. The van der Waals surface area contributed by atoms with Gasteiger partial charge in [-0.1, -0.05) is 41.6 Å². The Balaban J connectivity index is 2.25. The van der Waals surface area contributed by atoms with E-state index in [9.17, 15) is 0 Å². The number of rotatable bonds is 2. The number of benzene rings is 2. The third-order valence-corrected chi connectivity index (χ3v) is 3.28. The topological polar surface area (TPSA) is 26.0 Å². The number of anilines is 1. The Morgan fingerprint density at radius 2 is 1.73 bits per heavy atom. The van der Waals surface area contributed by atoms with E-state index in [2.05, 4.69) is 12.1 Å². The Hall–Kier alpha value is -1.12. The second-order valence-corrected chi connectivity index (χ2v) is 4.65. The van der Waals surface area contributed by atoms with Crippen molar-refractivity contribution in [2.24, 2.45) is 0 Å². The Kier molecular flexibility index (Phi) is 3.19. The average Bonchev–Trinajstić information content (AvgIpc) is 2.24. The van der Waals surface area contributed by atoms with E-state index in [0.29, 0.717) is 5.02 Å². The number of nitrogens with two attached hydrogens (primary N) is 1. The van der Waals surface area contributed by atoms with Gasteiger partial charge in [0.2, 0.25) is 0 Å². The van der Waals surface area contributed by atoms with Crippen LogP contribution in [0.1, 0.15) is 0 Å². The van der Waals surface area contributed by atoms with E-state index in [0.717, 1.165) is 10.6 Å². The second-order valence-electron chi connectivity index (χ2n) is 3.10. The summed E-state index contributed by atoms with van der Waals surface area (Å²) in [5, 5.41) is 0.671. The van der Waals surface area contributed by atoms with E-state index in [1.54, 1.807) is 17.8 Å². The number of hydrogen-bond acceptors (Lipinski definition) is 2. The van der Waals surface area contributed by atoms with Gasteiger partial charge in [0.05, 0.1) is 0 Å². The third-order valence-electron chi connectivity index (χ3n) is 1.94. The van der Waals surface area contributed by atoms with Gasteiger partial charge in [0.25, 0.3) is 0 Å². The van der Waals surface area contributed by atoms with Crippen LogP contribution in [-0.4, -0.2) is 0 Å². The first-order chi connectivity index (χ1) is 7.25. The lowest BCUT2D eigenvalue weighted by Gasteiger charge is -2.05. The van der Waals surface area contributed by atoms with E-state index in [1.165, 1.54) is 4.90 Å². The van der Waals surface area contributed by atoms with Crippen LogP contribution in [0, 0.1) is 0 Å². The van der Waals surface area contributed by atoms with Crippen molar-refractivity contribution in [1.29, 1.82) is 0 Å². The Labute approximate surface area is 98.3 Å². The molecule has 0 unspecified atom stereocenters. The molecule has 2 aromatic carbocycles. The largest absolute Gasteiger partial charge is 0.398 e. The summed E-state index contributed by atoms with van der Waals surface area (Å²) in [6.07, 6.45) is 0. The van der Waals surface area contributed by atoms with Crippen molar-refractivity contribution in [3.05, 3.63) is 53.6 Å². The van der Waals surface area contributed by atoms with Crippen LogP contribution in [-0.2, 0) is 0 Å². The van der Waals surface area contributed by atoms with Gasteiger partial charge in [0, 0.05) is 20.5 Å². The van der Waals surface area contributed by atoms with Gasteiger partial charge in [0.15, 0.2) is 0 Å². The summed E-state index contributed by atoms with van der Waals surface area (Å²) in [5.41, 5.74) is 6.58. The summed E-state index contributed by atoms with van der Waals surface area (Å²) in [6, 6.07) is 15.7. The van der Waals surface area contributed by atoms with Crippen molar-refractivity contribution in [2.45, 2.75) is 9.79 Å². The van der Waals surface area contributed by atoms with Gasteiger partial charge in [-0.05, 0) is 30.3 Å². The summed E-state index contributed by atoms with van der Waals surface area (Å²) in [5.74, 6) is 0. The van der Waals surface area contributed by atoms with Crippen molar-refractivity contribution in [2.75, 3.05) is 5.73 Å². The van der Waals surface area contributed by atoms with E-state index < -0.39 is 0 Å². The first kappa shape index (κ1) is 10.4. The van der Waals surface area contributed by atoms with Crippen molar-refractivity contribution >= 4 is 29.1 Å². The predicted molar refractivity (Wildman–Crippen MR) is 66.4 cm³/mol. The summed E-state index contributed by atoms with van der Waals surface area (Å²) >= 11 is 7.47. The molecule has 0 aliphatic carbocycles. The molecule has 0 saturated carbocycles. The van der Waals surface area contributed by atoms with Crippen LogP contribution in [0.15, 0.2) is 58.3 Å². The molecule has 0 aromatic heterocycles. The van der Waals surface area contributed by atoms with Crippen LogP contribution in [0.3, 0.4) is 0 Å². The zero-order valence-corrected chi connectivity index (χ0v) is 9.55. The maximum absolute atomic E-state index is 5.86. The van der Waals surface area contributed by atoms with Crippen LogP contribution in [0.5, 0.6) is 0 Å². The number of hydrogen-bond donors (Lipinski definition) is 1. The predicted octanol–water partition coefficient (Wildman–Crippen LogP) is 4.07. The van der Waals surface area contributed by atoms with Crippen LogP contribution in [0.25, 0.3) is 0 Å². The summed E-state index contributed by atoms with van der Waals surface area (Å²) in [7, 11) is 0. The van der Waals surface area contributed by atoms with Crippen LogP contribution in [0.4, 0.5) is 5.69 Å². The van der Waals surface area contributed by atoms with Gasteiger partial charge in [-0.15, -0.1) is 0 Å². The van der Waals surface area contributed by atoms with Gasteiger partial charge in [0.1, 0.15) is 0 Å². The minimum Gasteiger partial charge on any atom is -0.398 e. The molecule has 15 heavy (non-hydrogen) atoms. The number of nitrogen functional groups attached to an aromatic ring is 1. The SMILES string of the molecule is Nc1cc(Cl)ccc1Sc1ccccc1. The molecular weight excluding hydrogens is 226 g/mol. The van der Waals surface area contributed by atoms with Gasteiger partial charge in [-0.3, -0.25) is 0 Å². The van der Waals surface area contributed by atoms with E-state index in [1.807, 2.05) is 30.3 Å². The normalized spacial score (nSPS) is 10.2. The molecule has 76 valence electrons. The molecule has 2 aromatic rings. The third kappa shape index (κ3) is 2.67. The van der Waals surface area contributed by atoms with Gasteiger partial charge in [-0.2, -0.15) is 0 Å². The minimum absolute atomic E-state index is 0.671. The van der Waals surface area contributed by atoms with Crippen LogP contribution < -0.4 is 5.73 Å². The molecule has 0 spiro atoms. The zero-order valence-electron chi connectivity index (χ0n) is 7.98. The first-order valence-electron chi connectivity index (χ1n) is 4.53. The Morgan fingerprint density at radius 1 is 1.00 bits per heavy atom. The van der Waals surface area contributed by atoms with Crippen molar-refractivity contribution in [3.63, 3.8) is 0 Å². The Bertz CT molecular complexity index is 456. The highest BCUT2D eigenvalue weighted by Gasteiger charge is 2.01. The monoisotopic (exact) mass is 235 g/mol. The molecule has 0 amide bonds. The number of halogens is 1. The fourth-order valence-corrected chi connectivity index (χ4v) is 2.27. The van der Waals surface area contributed by atoms with E-state index in [-0.39, 0.29) is 0 Å². The molecule has 0 bridgehead atoms. The fraction of sp³-hybridized carbons (Fsp3) is 0. The molecule has 0 heterocycles. The molecule has 0 fully saturated rings. The zero-order chi connectivity index (χ0) is 10.7. The highest BCUT2D eigenvalue weighted by atomic mass is 35.5. The molecule has 0 atom stereocenters. The lowest BCUT2D eigenvalue weighted by atomic mass is 10.3. The molecule has 0 saturated heterocycles. The molecule has 2 N–H and O–H groups in total. The lowest BCUT2D eigenvalue weighted by molar-refractivity contribution is 1.41. The van der Waals surface area contributed by atoms with Gasteiger partial charge in [-0.25, -0.2) is 0 Å². The van der Waals surface area contributed by atoms with E-state index in [4.69, 9.17) is 17.3 Å². The summed E-state index contributed by atoms with van der Waals surface area (Å²) < 4.78 is 0. The van der Waals surface area contributed by atoms with Gasteiger partial charge < -0.3 is 5.73 Å². The smallest absolute Gasteiger partial charge is 0.0470 e. The molecule has 2 rings (SSSR count). The molecule has 0 aliphatic rings. The van der Waals surface area contributed by atoms with Crippen molar-refractivity contribution < 1.29 is 0 Å². The minimum atomic E-state index is 0.671. The molecule has 1 nitrogen and oxygen atoms in total. The van der Waals surface area contributed by atoms with E-state index >= 15 is 0 Å². The maximum Gasteiger partial charge on any atom is 0.0470 e. The first-order valence-corrected chi connectivity index (χ1v) is 5.73. The second kappa shape index (κ2) is 4.60. The van der Waals surface area contributed by atoms with Crippen LogP contribution >= 0.6 is 23.4 Å². The summed E-state index contributed by atoms with van der Waals surface area (Å²) in [6.45, 7) is 0. The lowest BCUT2D eigenvalue weighted by Crippen LogP contribution is -1.87. The standard InChI is InChI=1S/C12H10ClNS/c13-9-6-7-12(11(14)8-9)15-10-4-2-1-3-5-10/h1-8H,14H2. The molecule has 0 aliphatic heterocycles. The average molecular weight is 236 g/mol. The van der Waals surface area contributed by atoms with Gasteiger partial charge >= 0.3 is 0 Å². The maximum atomic E-state index is 5.86. The fourth-order valence-electron chi connectivity index (χ4n) is 1.23. The van der Waals surface area contributed by atoms with Crippen LogP contribution in [0.2, 0.25) is 5.02 Å². The Morgan fingerprint density at radius 3 is 2.40 bits per heavy atom. The van der Waals surface area contributed by atoms with Crippen molar-refractivity contribution in [3.8, 4) is 0 Å². The highest BCUT2D eigenvalue weighted by molar-refractivity contribution is 7.99. The molecule has 3 heteroatoms. The highest BCUT2D eigenvalue weighted by Crippen LogP contribution is 2.33. The summed E-state index contributed by atoms with van der Waals surface area (Å²) in [4.78, 5) is 2.21.